The minimum absolute atomic E-state index is 0.0672. The van der Waals surface area contributed by atoms with Crippen molar-refractivity contribution in [3.63, 3.8) is 0 Å². The molecule has 0 heterocycles. The van der Waals surface area contributed by atoms with Gasteiger partial charge >= 0.3 is 17.9 Å². The monoisotopic (exact) mass is 1140 g/mol. The molecule has 0 rings (SSSR count). The quantitative estimate of drug-likeness (QED) is 0.0261. The first kappa shape index (κ1) is 78.9. The second-order valence-corrected chi connectivity index (χ2v) is 25.2. The Morgan fingerprint density at radius 2 is 0.407 bits per heavy atom. The molecule has 0 radical (unpaired) electrons. The number of esters is 3. The minimum Gasteiger partial charge on any atom is -0.462 e. The van der Waals surface area contributed by atoms with E-state index in [9.17, 15) is 14.4 Å². The molecule has 0 fully saturated rings. The standard InChI is InChI=1S/C75H142O6/c1-4-7-10-13-16-19-22-25-27-29-31-32-33-34-35-36-37-38-39-40-41-42-44-45-47-50-53-56-59-62-65-68-74(77)80-71-72(70-79-73(76)67-64-61-58-55-52-49-24-21-18-15-12-9-6-3)81-75(78)69-66-63-60-57-54-51-48-46-43-30-28-26-23-20-17-14-11-8-5-2/h21,24,29,31,72H,4-20,22-23,25-28,30,32-71H2,1-3H3/b24-21-,31-29-. The Morgan fingerprint density at radius 1 is 0.235 bits per heavy atom. The molecular weight excluding hydrogens is 997 g/mol. The lowest BCUT2D eigenvalue weighted by Gasteiger charge is -2.18. The van der Waals surface area contributed by atoms with Gasteiger partial charge in [0, 0.05) is 19.3 Å². The normalized spacial score (nSPS) is 12.1. The Balaban J connectivity index is 4.13. The summed E-state index contributed by atoms with van der Waals surface area (Å²) in [6, 6.07) is 0. The highest BCUT2D eigenvalue weighted by atomic mass is 16.6. The average molecular weight is 1140 g/mol. The van der Waals surface area contributed by atoms with Crippen LogP contribution in [0.3, 0.4) is 0 Å². The predicted molar refractivity (Wildman–Crippen MR) is 353 cm³/mol. The van der Waals surface area contributed by atoms with Crippen LogP contribution in [0.15, 0.2) is 24.3 Å². The lowest BCUT2D eigenvalue weighted by atomic mass is 10.0. The Kier molecular flexibility index (Phi) is 68.5. The molecule has 6 heteroatoms. The predicted octanol–water partition coefficient (Wildman–Crippen LogP) is 25.3. The van der Waals surface area contributed by atoms with Gasteiger partial charge in [0.2, 0.25) is 0 Å². The maximum Gasteiger partial charge on any atom is 0.306 e. The van der Waals surface area contributed by atoms with Gasteiger partial charge in [-0.1, -0.05) is 353 Å². The minimum atomic E-state index is -0.771. The second kappa shape index (κ2) is 70.4. The molecule has 1 unspecified atom stereocenters. The van der Waals surface area contributed by atoms with E-state index in [-0.39, 0.29) is 31.1 Å². The zero-order valence-corrected chi connectivity index (χ0v) is 55.1. The Bertz CT molecular complexity index is 1310. The van der Waals surface area contributed by atoms with Gasteiger partial charge in [-0.2, -0.15) is 0 Å². The van der Waals surface area contributed by atoms with Crippen molar-refractivity contribution in [1.29, 1.82) is 0 Å². The van der Waals surface area contributed by atoms with Crippen molar-refractivity contribution in [2.24, 2.45) is 0 Å². The highest BCUT2D eigenvalue weighted by molar-refractivity contribution is 5.71. The Morgan fingerprint density at radius 3 is 0.630 bits per heavy atom. The molecule has 0 aromatic heterocycles. The van der Waals surface area contributed by atoms with Gasteiger partial charge in [0.25, 0.3) is 0 Å². The smallest absolute Gasteiger partial charge is 0.306 e. The summed E-state index contributed by atoms with van der Waals surface area (Å²) in [7, 11) is 0. The highest BCUT2D eigenvalue weighted by Crippen LogP contribution is 2.19. The third-order valence-corrected chi connectivity index (χ3v) is 16.9. The summed E-state index contributed by atoms with van der Waals surface area (Å²) in [5.74, 6) is -0.843. The van der Waals surface area contributed by atoms with E-state index in [0.717, 1.165) is 64.2 Å². The molecule has 0 spiro atoms. The fraction of sp³-hybridized carbons (Fsp3) is 0.907. The third-order valence-electron chi connectivity index (χ3n) is 16.9. The number of hydrogen-bond acceptors (Lipinski definition) is 6. The number of carbonyl (C=O) groups is 3. The van der Waals surface area contributed by atoms with Crippen molar-refractivity contribution in [3.05, 3.63) is 24.3 Å². The first-order valence-corrected chi connectivity index (χ1v) is 36.8. The topological polar surface area (TPSA) is 78.9 Å². The van der Waals surface area contributed by atoms with Gasteiger partial charge in [0.1, 0.15) is 13.2 Å². The number of unbranched alkanes of at least 4 members (excludes halogenated alkanes) is 54. The van der Waals surface area contributed by atoms with Gasteiger partial charge in [0.15, 0.2) is 6.10 Å². The first-order valence-electron chi connectivity index (χ1n) is 36.8. The van der Waals surface area contributed by atoms with Crippen LogP contribution in [0, 0.1) is 0 Å². The molecule has 0 bridgehead atoms. The number of allylic oxidation sites excluding steroid dienone is 4. The second-order valence-electron chi connectivity index (χ2n) is 25.2. The van der Waals surface area contributed by atoms with Gasteiger partial charge in [-0.15, -0.1) is 0 Å². The molecule has 1 atom stereocenters. The Labute approximate surface area is 506 Å². The van der Waals surface area contributed by atoms with E-state index in [4.69, 9.17) is 14.2 Å². The van der Waals surface area contributed by atoms with Crippen LogP contribution < -0.4 is 0 Å². The summed E-state index contributed by atoms with van der Waals surface area (Å²) in [6.07, 6.45) is 86.6. The van der Waals surface area contributed by atoms with Crippen molar-refractivity contribution in [2.75, 3.05) is 13.2 Å². The fourth-order valence-electron chi connectivity index (χ4n) is 11.4. The zero-order valence-electron chi connectivity index (χ0n) is 55.1. The SMILES string of the molecule is CCCCCC/C=C\CCCCCCCC(=O)OCC(COC(=O)CCCCCCCCCCCCCCCCCCCCC/C=C\CCCCCCCCCC)OC(=O)CCCCCCCCCCCCCCCCCCCCC. The van der Waals surface area contributed by atoms with Gasteiger partial charge in [-0.05, 0) is 70.6 Å². The largest absolute Gasteiger partial charge is 0.462 e. The lowest BCUT2D eigenvalue weighted by molar-refractivity contribution is -0.167. The first-order chi connectivity index (χ1) is 40.0. The van der Waals surface area contributed by atoms with Crippen LogP contribution in [0.4, 0.5) is 0 Å². The van der Waals surface area contributed by atoms with Crippen LogP contribution in [0.2, 0.25) is 0 Å². The highest BCUT2D eigenvalue weighted by Gasteiger charge is 2.20. The van der Waals surface area contributed by atoms with Crippen LogP contribution in [0.5, 0.6) is 0 Å². The van der Waals surface area contributed by atoms with E-state index in [1.165, 1.54) is 315 Å². The Hall–Kier alpha value is -2.11. The van der Waals surface area contributed by atoms with E-state index in [0.29, 0.717) is 19.3 Å². The molecule has 0 aliphatic rings. The molecular formula is C75H142O6. The number of rotatable bonds is 69. The van der Waals surface area contributed by atoms with Crippen LogP contribution in [0.25, 0.3) is 0 Å². The maximum atomic E-state index is 12.9. The van der Waals surface area contributed by atoms with Crippen molar-refractivity contribution in [3.8, 4) is 0 Å². The maximum absolute atomic E-state index is 12.9. The van der Waals surface area contributed by atoms with Gasteiger partial charge in [-0.3, -0.25) is 14.4 Å². The molecule has 0 aromatic carbocycles. The molecule has 81 heavy (non-hydrogen) atoms. The van der Waals surface area contributed by atoms with E-state index < -0.39 is 6.10 Å². The summed E-state index contributed by atoms with van der Waals surface area (Å²) >= 11 is 0. The fourth-order valence-corrected chi connectivity index (χ4v) is 11.4. The van der Waals surface area contributed by atoms with E-state index in [2.05, 4.69) is 45.1 Å². The van der Waals surface area contributed by atoms with E-state index >= 15 is 0 Å². The molecule has 0 aromatic rings. The van der Waals surface area contributed by atoms with Crippen molar-refractivity contribution in [1.82, 2.24) is 0 Å². The van der Waals surface area contributed by atoms with Crippen LogP contribution in [0.1, 0.15) is 419 Å². The van der Waals surface area contributed by atoms with Crippen LogP contribution in [-0.4, -0.2) is 37.2 Å². The van der Waals surface area contributed by atoms with E-state index in [1.807, 2.05) is 0 Å². The summed E-state index contributed by atoms with van der Waals surface area (Å²) < 4.78 is 17.0. The van der Waals surface area contributed by atoms with Crippen molar-refractivity contribution in [2.45, 2.75) is 425 Å². The summed E-state index contributed by atoms with van der Waals surface area (Å²) in [5.41, 5.74) is 0. The molecule has 0 aliphatic heterocycles. The summed E-state index contributed by atoms with van der Waals surface area (Å²) in [5, 5.41) is 0. The third kappa shape index (κ3) is 68.6. The summed E-state index contributed by atoms with van der Waals surface area (Å²) in [4.78, 5) is 38.4. The van der Waals surface area contributed by atoms with Gasteiger partial charge in [-0.25, -0.2) is 0 Å². The molecule has 478 valence electrons. The number of carbonyl (C=O) groups excluding carboxylic acids is 3. The van der Waals surface area contributed by atoms with Crippen LogP contribution >= 0.6 is 0 Å². The van der Waals surface area contributed by atoms with Crippen LogP contribution in [-0.2, 0) is 28.6 Å². The van der Waals surface area contributed by atoms with Crippen molar-refractivity contribution < 1.29 is 28.6 Å². The molecule has 0 saturated carbocycles. The van der Waals surface area contributed by atoms with E-state index in [1.54, 1.807) is 0 Å². The number of ether oxygens (including phenoxy) is 3. The lowest BCUT2D eigenvalue weighted by Crippen LogP contribution is -2.30. The molecule has 0 saturated heterocycles. The number of hydrogen-bond donors (Lipinski definition) is 0. The van der Waals surface area contributed by atoms with Gasteiger partial charge in [0.05, 0.1) is 0 Å². The zero-order chi connectivity index (χ0) is 58.5. The molecule has 0 amide bonds. The summed E-state index contributed by atoms with van der Waals surface area (Å²) in [6.45, 7) is 6.70. The molecule has 0 aliphatic carbocycles. The average Bonchev–Trinajstić information content (AvgIpc) is 3.46. The van der Waals surface area contributed by atoms with Crippen molar-refractivity contribution >= 4 is 17.9 Å². The molecule has 6 nitrogen and oxygen atoms in total. The van der Waals surface area contributed by atoms with Gasteiger partial charge < -0.3 is 14.2 Å². The molecule has 0 N–H and O–H groups in total.